The van der Waals surface area contributed by atoms with Gasteiger partial charge in [-0.1, -0.05) is 0 Å². The quantitative estimate of drug-likeness (QED) is 0.693. The normalized spacial score (nSPS) is 19.2. The lowest BCUT2D eigenvalue weighted by molar-refractivity contribution is -0.136. The number of urea groups is 1. The van der Waals surface area contributed by atoms with E-state index in [1.54, 1.807) is 0 Å². The standard InChI is InChI=1S/C16H22N4O6S/c1-11(14(21)20-8-5-17-16(20)23)26-15(22)13-9-12(10-18(13)2)27(24,25)19-6-3-4-7-19/h9-11H,3-8H2,1-2H3,(H,17,23). The van der Waals surface area contributed by atoms with E-state index in [-0.39, 0.29) is 17.1 Å². The fraction of sp³-hybridized carbons (Fsp3) is 0.562. The van der Waals surface area contributed by atoms with Crippen LogP contribution in [-0.4, -0.2) is 72.4 Å². The molecule has 148 valence electrons. The number of nitrogens with one attached hydrogen (secondary N) is 1. The summed E-state index contributed by atoms with van der Waals surface area (Å²) in [5.41, 5.74) is 0.0123. The lowest BCUT2D eigenvalue weighted by Crippen LogP contribution is -2.41. The van der Waals surface area contributed by atoms with E-state index in [9.17, 15) is 22.8 Å². The molecule has 1 aromatic rings. The molecule has 0 spiro atoms. The van der Waals surface area contributed by atoms with Gasteiger partial charge in [0.25, 0.3) is 5.91 Å². The Morgan fingerprint density at radius 3 is 2.48 bits per heavy atom. The van der Waals surface area contributed by atoms with Gasteiger partial charge in [-0.3, -0.25) is 9.69 Å². The topological polar surface area (TPSA) is 118 Å². The molecule has 2 saturated heterocycles. The van der Waals surface area contributed by atoms with E-state index in [1.807, 2.05) is 0 Å². The van der Waals surface area contributed by atoms with Crippen LogP contribution in [0.15, 0.2) is 17.2 Å². The SMILES string of the molecule is CC(OC(=O)c1cc(S(=O)(=O)N2CCCC2)cn1C)C(=O)N1CCNC1=O. The Kier molecular flexibility index (Phi) is 5.24. The number of hydrogen-bond acceptors (Lipinski definition) is 6. The van der Waals surface area contributed by atoms with Crippen LogP contribution in [0.3, 0.4) is 0 Å². The summed E-state index contributed by atoms with van der Waals surface area (Å²) < 4.78 is 33.1. The number of aryl methyl sites for hydroxylation is 1. The zero-order valence-electron chi connectivity index (χ0n) is 15.2. The number of imide groups is 1. The summed E-state index contributed by atoms with van der Waals surface area (Å²) >= 11 is 0. The van der Waals surface area contributed by atoms with Gasteiger partial charge in [-0.05, 0) is 25.8 Å². The van der Waals surface area contributed by atoms with Crippen LogP contribution in [0.25, 0.3) is 0 Å². The first-order valence-corrected chi connectivity index (χ1v) is 10.1. The third kappa shape index (κ3) is 3.69. The third-order valence-corrected chi connectivity index (χ3v) is 6.51. The number of ether oxygens (including phenoxy) is 1. The molecule has 2 aliphatic heterocycles. The molecule has 3 heterocycles. The van der Waals surface area contributed by atoms with E-state index in [0.717, 1.165) is 17.7 Å². The van der Waals surface area contributed by atoms with E-state index >= 15 is 0 Å². The number of rotatable bonds is 5. The largest absolute Gasteiger partial charge is 0.448 e. The van der Waals surface area contributed by atoms with Gasteiger partial charge in [-0.2, -0.15) is 4.31 Å². The second-order valence-electron chi connectivity index (χ2n) is 6.55. The monoisotopic (exact) mass is 398 g/mol. The fourth-order valence-electron chi connectivity index (χ4n) is 3.13. The summed E-state index contributed by atoms with van der Waals surface area (Å²) in [5.74, 6) is -1.46. The molecule has 2 fully saturated rings. The van der Waals surface area contributed by atoms with E-state index in [1.165, 1.54) is 35.1 Å². The van der Waals surface area contributed by atoms with Crippen LogP contribution in [0.5, 0.6) is 0 Å². The predicted molar refractivity (Wildman–Crippen MR) is 93.4 cm³/mol. The van der Waals surface area contributed by atoms with Crippen LogP contribution < -0.4 is 5.32 Å². The third-order valence-electron chi connectivity index (χ3n) is 4.65. The first-order valence-electron chi connectivity index (χ1n) is 8.68. The summed E-state index contributed by atoms with van der Waals surface area (Å²) in [6.45, 7) is 2.85. The van der Waals surface area contributed by atoms with Crippen molar-refractivity contribution < 1.29 is 27.5 Å². The number of hydrogen-bond donors (Lipinski definition) is 1. The maximum atomic E-state index is 12.6. The van der Waals surface area contributed by atoms with Crippen LogP contribution >= 0.6 is 0 Å². The van der Waals surface area contributed by atoms with Crippen molar-refractivity contribution in [3.05, 3.63) is 18.0 Å². The first-order chi connectivity index (χ1) is 12.7. The molecule has 0 bridgehead atoms. The smallest absolute Gasteiger partial charge is 0.355 e. The van der Waals surface area contributed by atoms with Gasteiger partial charge in [0, 0.05) is 39.4 Å². The molecule has 1 N–H and O–H groups in total. The molecule has 3 rings (SSSR count). The molecule has 1 unspecified atom stereocenters. The fourth-order valence-corrected chi connectivity index (χ4v) is 4.72. The minimum absolute atomic E-state index is 0.0109. The minimum atomic E-state index is -3.66. The predicted octanol–water partition coefficient (Wildman–Crippen LogP) is -0.0933. The maximum absolute atomic E-state index is 12.6. The van der Waals surface area contributed by atoms with Gasteiger partial charge in [-0.15, -0.1) is 0 Å². The van der Waals surface area contributed by atoms with Gasteiger partial charge in [-0.25, -0.2) is 18.0 Å². The Morgan fingerprint density at radius 2 is 1.89 bits per heavy atom. The molecule has 11 heteroatoms. The number of sulfonamides is 1. The molecule has 1 aromatic heterocycles. The molecule has 3 amide bonds. The molecular weight excluding hydrogens is 376 g/mol. The maximum Gasteiger partial charge on any atom is 0.355 e. The van der Waals surface area contributed by atoms with Gasteiger partial charge in [0.1, 0.15) is 10.6 Å². The average molecular weight is 398 g/mol. The highest BCUT2D eigenvalue weighted by Gasteiger charge is 2.33. The van der Waals surface area contributed by atoms with Crippen molar-refractivity contribution in [3.63, 3.8) is 0 Å². The van der Waals surface area contributed by atoms with Gasteiger partial charge in [0.15, 0.2) is 6.10 Å². The molecule has 0 aliphatic carbocycles. The number of nitrogens with zero attached hydrogens (tertiary/aromatic N) is 3. The van der Waals surface area contributed by atoms with Crippen LogP contribution in [-0.2, 0) is 26.6 Å². The molecule has 10 nitrogen and oxygen atoms in total. The second kappa shape index (κ2) is 7.31. The lowest BCUT2D eigenvalue weighted by Gasteiger charge is -2.18. The Balaban J connectivity index is 1.72. The van der Waals surface area contributed by atoms with E-state index in [4.69, 9.17) is 4.74 Å². The summed E-state index contributed by atoms with van der Waals surface area (Å²) in [7, 11) is -2.13. The Morgan fingerprint density at radius 1 is 1.22 bits per heavy atom. The van der Waals surface area contributed by atoms with Gasteiger partial charge in [0.2, 0.25) is 10.0 Å². The molecule has 2 aliphatic rings. The minimum Gasteiger partial charge on any atom is -0.448 e. The Hall–Kier alpha value is -2.40. The van der Waals surface area contributed by atoms with E-state index < -0.39 is 34.0 Å². The number of carbonyl (C=O) groups excluding carboxylic acids is 3. The molecule has 0 aromatic carbocycles. The lowest BCUT2D eigenvalue weighted by atomic mass is 10.3. The highest BCUT2D eigenvalue weighted by atomic mass is 32.2. The summed E-state index contributed by atoms with van der Waals surface area (Å²) in [5, 5.41) is 2.50. The van der Waals surface area contributed by atoms with Crippen LogP contribution in [0.4, 0.5) is 4.79 Å². The number of carbonyl (C=O) groups is 3. The second-order valence-corrected chi connectivity index (χ2v) is 8.49. The zero-order chi connectivity index (χ0) is 19.8. The van der Waals surface area contributed by atoms with Crippen molar-refractivity contribution in [3.8, 4) is 0 Å². The number of aromatic nitrogens is 1. The molecule has 0 saturated carbocycles. The van der Waals surface area contributed by atoms with Gasteiger partial charge < -0.3 is 14.6 Å². The number of esters is 1. The van der Waals surface area contributed by atoms with Crippen molar-refractivity contribution in [1.82, 2.24) is 19.1 Å². The van der Waals surface area contributed by atoms with Crippen LogP contribution in [0, 0.1) is 0 Å². The average Bonchev–Trinajstić information content (AvgIpc) is 3.34. The molecule has 0 radical (unpaired) electrons. The molecule has 27 heavy (non-hydrogen) atoms. The van der Waals surface area contributed by atoms with Crippen molar-refractivity contribution in [1.29, 1.82) is 0 Å². The van der Waals surface area contributed by atoms with Crippen molar-refractivity contribution >= 4 is 27.9 Å². The molecular formula is C16H22N4O6S. The van der Waals surface area contributed by atoms with Gasteiger partial charge in [0.05, 0.1) is 0 Å². The summed E-state index contributed by atoms with van der Waals surface area (Å²) in [4.78, 5) is 37.2. The van der Waals surface area contributed by atoms with E-state index in [0.29, 0.717) is 19.6 Å². The highest BCUT2D eigenvalue weighted by Crippen LogP contribution is 2.23. The van der Waals surface area contributed by atoms with Gasteiger partial charge >= 0.3 is 12.0 Å². The van der Waals surface area contributed by atoms with Crippen molar-refractivity contribution in [2.45, 2.75) is 30.8 Å². The molecule has 1 atom stereocenters. The van der Waals surface area contributed by atoms with Crippen molar-refractivity contribution in [2.24, 2.45) is 7.05 Å². The Labute approximate surface area is 157 Å². The Bertz CT molecular complexity index is 871. The van der Waals surface area contributed by atoms with E-state index in [2.05, 4.69) is 5.32 Å². The number of amides is 3. The summed E-state index contributed by atoms with van der Waals surface area (Å²) in [6, 6.07) is 0.719. The van der Waals surface area contributed by atoms with Crippen molar-refractivity contribution in [2.75, 3.05) is 26.2 Å². The first kappa shape index (κ1) is 19.4. The zero-order valence-corrected chi connectivity index (χ0v) is 16.0. The van der Waals surface area contributed by atoms with Crippen LogP contribution in [0.2, 0.25) is 0 Å². The highest BCUT2D eigenvalue weighted by molar-refractivity contribution is 7.89. The van der Waals surface area contributed by atoms with Crippen LogP contribution in [0.1, 0.15) is 30.3 Å². The summed E-state index contributed by atoms with van der Waals surface area (Å²) in [6.07, 6.45) is 1.80.